The molecule has 25 heavy (non-hydrogen) atoms. The van der Waals surface area contributed by atoms with Gasteiger partial charge < -0.3 is 14.2 Å². The summed E-state index contributed by atoms with van der Waals surface area (Å²) < 4.78 is 17.3. The average molecular weight is 345 g/mol. The van der Waals surface area contributed by atoms with Crippen LogP contribution in [0, 0.1) is 22.2 Å². The summed E-state index contributed by atoms with van der Waals surface area (Å²) in [5.74, 6) is -0.991. The molecular weight excluding hydrogens is 322 g/mol. The Labute approximate surface area is 147 Å². The second-order valence-electron chi connectivity index (χ2n) is 8.81. The van der Waals surface area contributed by atoms with Crippen molar-refractivity contribution in [1.82, 2.24) is 0 Å². The quantitative estimate of drug-likeness (QED) is 0.564. The van der Waals surface area contributed by atoms with Gasteiger partial charge in [-0.3, -0.25) is 4.79 Å². The van der Waals surface area contributed by atoms with E-state index >= 15 is 0 Å². The van der Waals surface area contributed by atoms with Gasteiger partial charge in [-0.05, 0) is 45.3 Å². The molecule has 4 rings (SSSR count). The van der Waals surface area contributed by atoms with Crippen molar-refractivity contribution in [2.75, 3.05) is 0 Å². The normalized spacial score (nSPS) is 48.9. The maximum Gasteiger partial charge on any atom is 0.352 e. The van der Waals surface area contributed by atoms with Crippen molar-refractivity contribution in [3.8, 4) is 6.07 Å². The zero-order valence-electron chi connectivity index (χ0n) is 15.3. The van der Waals surface area contributed by atoms with Crippen molar-refractivity contribution in [3.63, 3.8) is 0 Å². The standard InChI is InChI=1S/C19H23NO5/c1-11-8-17(5)18(10-20,9-12(11)23-17)24-14(22)19-7-6-16(4,13(21)25-19)15(19,2)3/h8,12H,6-7,9H2,1-5H3/t12-,16-,17-,18+,19+/m1/s1. The molecule has 0 aromatic carbocycles. The van der Waals surface area contributed by atoms with Crippen molar-refractivity contribution >= 4 is 11.9 Å². The molecule has 0 aromatic rings. The van der Waals surface area contributed by atoms with Crippen LogP contribution in [0.5, 0.6) is 0 Å². The third kappa shape index (κ3) is 1.55. The number of ether oxygens (including phenoxy) is 3. The molecule has 3 fully saturated rings. The summed E-state index contributed by atoms with van der Waals surface area (Å²) in [5.41, 5.74) is -4.07. The van der Waals surface area contributed by atoms with E-state index in [0.29, 0.717) is 19.3 Å². The van der Waals surface area contributed by atoms with Crippen LogP contribution in [-0.4, -0.2) is 34.8 Å². The number of nitriles is 1. The van der Waals surface area contributed by atoms with E-state index in [1.165, 1.54) is 0 Å². The number of hydrogen-bond acceptors (Lipinski definition) is 6. The Balaban J connectivity index is 1.70. The summed E-state index contributed by atoms with van der Waals surface area (Å²) in [6.07, 6.45) is 2.93. The topological polar surface area (TPSA) is 85.6 Å². The van der Waals surface area contributed by atoms with E-state index in [1.54, 1.807) is 6.92 Å². The van der Waals surface area contributed by atoms with Crippen LogP contribution in [0.1, 0.15) is 53.9 Å². The number of esters is 2. The van der Waals surface area contributed by atoms with Gasteiger partial charge in [0.15, 0.2) is 0 Å². The summed E-state index contributed by atoms with van der Waals surface area (Å²) >= 11 is 0. The maximum atomic E-state index is 13.2. The number of nitrogens with zero attached hydrogens (tertiary/aromatic N) is 1. The number of carbonyl (C=O) groups excluding carboxylic acids is 2. The molecule has 2 saturated heterocycles. The highest BCUT2D eigenvalue weighted by molar-refractivity contribution is 5.94. The molecule has 4 aliphatic rings. The van der Waals surface area contributed by atoms with Crippen LogP contribution in [0.2, 0.25) is 0 Å². The van der Waals surface area contributed by atoms with Crippen LogP contribution >= 0.6 is 0 Å². The molecule has 3 aliphatic heterocycles. The lowest BCUT2D eigenvalue weighted by molar-refractivity contribution is -0.197. The van der Waals surface area contributed by atoms with E-state index in [1.807, 2.05) is 33.8 Å². The summed E-state index contributed by atoms with van der Waals surface area (Å²) in [7, 11) is 0. The van der Waals surface area contributed by atoms with Crippen LogP contribution in [-0.2, 0) is 23.8 Å². The molecule has 6 heteroatoms. The summed E-state index contributed by atoms with van der Waals surface area (Å²) in [4.78, 5) is 25.6. The molecule has 0 radical (unpaired) electrons. The first kappa shape index (κ1) is 16.6. The number of fused-ring (bicyclic) bond motifs is 4. The second kappa shape index (κ2) is 4.27. The van der Waals surface area contributed by atoms with Crippen molar-refractivity contribution in [2.45, 2.75) is 76.8 Å². The zero-order chi connectivity index (χ0) is 18.5. The second-order valence-corrected chi connectivity index (χ2v) is 8.81. The van der Waals surface area contributed by atoms with E-state index in [4.69, 9.17) is 14.2 Å². The lowest BCUT2D eigenvalue weighted by Crippen LogP contribution is -2.56. The third-order valence-electron chi connectivity index (χ3n) is 7.53. The van der Waals surface area contributed by atoms with Crippen molar-refractivity contribution < 1.29 is 23.8 Å². The lowest BCUT2D eigenvalue weighted by Gasteiger charge is -2.39. The van der Waals surface area contributed by atoms with E-state index in [0.717, 1.165) is 5.57 Å². The Hall–Kier alpha value is -1.87. The predicted molar refractivity (Wildman–Crippen MR) is 86.0 cm³/mol. The molecule has 0 spiro atoms. The van der Waals surface area contributed by atoms with Gasteiger partial charge in [0.1, 0.15) is 11.7 Å². The van der Waals surface area contributed by atoms with E-state index in [9.17, 15) is 14.9 Å². The highest BCUT2D eigenvalue weighted by atomic mass is 16.6. The molecule has 0 unspecified atom stereocenters. The van der Waals surface area contributed by atoms with Gasteiger partial charge in [-0.1, -0.05) is 13.8 Å². The Bertz CT molecular complexity index is 779. The number of rotatable bonds is 2. The molecule has 1 aliphatic carbocycles. The van der Waals surface area contributed by atoms with Crippen LogP contribution in [0.25, 0.3) is 0 Å². The Kier molecular flexibility index (Phi) is 2.83. The van der Waals surface area contributed by atoms with Gasteiger partial charge in [0.25, 0.3) is 0 Å². The summed E-state index contributed by atoms with van der Waals surface area (Å²) in [6, 6.07) is 2.17. The average Bonchev–Trinajstić information content (AvgIpc) is 3.09. The van der Waals surface area contributed by atoms with Gasteiger partial charge in [-0.2, -0.15) is 5.26 Å². The Morgan fingerprint density at radius 3 is 2.40 bits per heavy atom. The van der Waals surface area contributed by atoms with Crippen molar-refractivity contribution in [1.29, 1.82) is 5.26 Å². The first-order valence-corrected chi connectivity index (χ1v) is 8.72. The molecule has 6 nitrogen and oxygen atoms in total. The lowest BCUT2D eigenvalue weighted by atomic mass is 9.66. The minimum atomic E-state index is -1.40. The third-order valence-corrected chi connectivity index (χ3v) is 7.53. The van der Waals surface area contributed by atoms with E-state index < -0.39 is 33.6 Å². The number of hydrogen-bond donors (Lipinski definition) is 0. The minimum Gasteiger partial charge on any atom is -0.446 e. The van der Waals surface area contributed by atoms with Crippen molar-refractivity contribution in [2.24, 2.45) is 10.8 Å². The molecule has 134 valence electrons. The van der Waals surface area contributed by atoms with E-state index in [2.05, 4.69) is 6.07 Å². The predicted octanol–water partition coefficient (Wildman–Crippen LogP) is 2.42. The molecule has 4 bridgehead atoms. The maximum absolute atomic E-state index is 13.2. The zero-order valence-corrected chi connectivity index (χ0v) is 15.3. The Morgan fingerprint density at radius 2 is 2.00 bits per heavy atom. The van der Waals surface area contributed by atoms with Gasteiger partial charge >= 0.3 is 11.9 Å². The first-order chi connectivity index (χ1) is 11.5. The summed E-state index contributed by atoms with van der Waals surface area (Å²) in [5, 5.41) is 9.84. The van der Waals surface area contributed by atoms with Crippen LogP contribution < -0.4 is 0 Å². The molecular formula is C19H23NO5. The van der Waals surface area contributed by atoms with Crippen LogP contribution in [0.4, 0.5) is 0 Å². The number of carbonyl (C=O) groups is 2. The summed E-state index contributed by atoms with van der Waals surface area (Å²) in [6.45, 7) is 9.29. The van der Waals surface area contributed by atoms with Crippen molar-refractivity contribution in [3.05, 3.63) is 11.6 Å². The molecule has 5 atom stereocenters. The van der Waals surface area contributed by atoms with Gasteiger partial charge in [0, 0.05) is 11.8 Å². The van der Waals surface area contributed by atoms with Gasteiger partial charge in [-0.25, -0.2) is 4.79 Å². The SMILES string of the molecule is CC1=C[C@@]2(C)O[C@@H]1C[C@@]2(C#N)OC(=O)[C@]12CC[C@](C)(C(=O)O1)C2(C)C. The molecule has 0 amide bonds. The van der Waals surface area contributed by atoms with Crippen LogP contribution in [0.15, 0.2) is 11.6 Å². The van der Waals surface area contributed by atoms with Gasteiger partial charge in [0.05, 0.1) is 11.5 Å². The monoisotopic (exact) mass is 345 g/mol. The molecule has 0 aromatic heterocycles. The van der Waals surface area contributed by atoms with E-state index in [-0.39, 0.29) is 12.1 Å². The van der Waals surface area contributed by atoms with Gasteiger partial charge in [-0.15, -0.1) is 0 Å². The smallest absolute Gasteiger partial charge is 0.352 e. The molecule has 0 N–H and O–H groups in total. The highest BCUT2D eigenvalue weighted by Crippen LogP contribution is 2.66. The first-order valence-electron chi connectivity index (χ1n) is 8.72. The fourth-order valence-corrected chi connectivity index (χ4v) is 5.09. The van der Waals surface area contributed by atoms with Gasteiger partial charge in [0.2, 0.25) is 11.2 Å². The fraction of sp³-hybridized carbons (Fsp3) is 0.737. The fourth-order valence-electron chi connectivity index (χ4n) is 5.09. The largest absolute Gasteiger partial charge is 0.446 e. The molecule has 1 saturated carbocycles. The minimum absolute atomic E-state index is 0.220. The van der Waals surface area contributed by atoms with Crippen LogP contribution in [0.3, 0.4) is 0 Å². The molecule has 3 heterocycles. The highest BCUT2D eigenvalue weighted by Gasteiger charge is 2.77. The Morgan fingerprint density at radius 1 is 1.32 bits per heavy atom.